The summed E-state index contributed by atoms with van der Waals surface area (Å²) in [4.78, 5) is 26.9. The topological polar surface area (TPSA) is 84.7 Å². The second kappa shape index (κ2) is 9.35. The zero-order chi connectivity index (χ0) is 18.6. The number of amides is 2. The molecule has 6 nitrogen and oxygen atoms in total. The molecule has 1 aromatic carbocycles. The molecule has 2 amide bonds. The molecule has 2 heterocycles. The van der Waals surface area contributed by atoms with Crippen molar-refractivity contribution in [3.05, 3.63) is 42.0 Å². The number of para-hydroxylation sites is 1. The van der Waals surface area contributed by atoms with Crippen molar-refractivity contribution < 1.29 is 14.3 Å². The standard InChI is InChI=1S/C20H27N3O3.ClH/c1-2-16(22-19(25)20(21)10-13-26-14-11-20)7-8-18(24)23-12-9-15-5-3-4-6-17(15)23;/h3-8,16H,2,9-14,21H2,1H3,(H,22,25);1H/b8-7+;/t16-;/m0./s1. The molecule has 0 saturated carbocycles. The molecule has 2 aliphatic heterocycles. The molecule has 27 heavy (non-hydrogen) atoms. The minimum absolute atomic E-state index is 0. The van der Waals surface area contributed by atoms with Gasteiger partial charge in [0.15, 0.2) is 0 Å². The van der Waals surface area contributed by atoms with Crippen LogP contribution in [-0.2, 0) is 20.7 Å². The number of carbonyl (C=O) groups excluding carboxylic acids is 2. The Kier molecular flexibility index (Phi) is 7.41. The Morgan fingerprint density at radius 3 is 2.74 bits per heavy atom. The maximum absolute atomic E-state index is 12.6. The molecule has 1 saturated heterocycles. The summed E-state index contributed by atoms with van der Waals surface area (Å²) in [6.45, 7) is 3.67. The summed E-state index contributed by atoms with van der Waals surface area (Å²) in [5, 5.41) is 2.96. The molecule has 0 aromatic heterocycles. The van der Waals surface area contributed by atoms with Gasteiger partial charge in [0.25, 0.3) is 5.91 Å². The number of nitrogens with two attached hydrogens (primary N) is 1. The number of nitrogens with one attached hydrogen (secondary N) is 1. The highest BCUT2D eigenvalue weighted by Crippen LogP contribution is 2.27. The first-order valence-electron chi connectivity index (χ1n) is 9.29. The lowest BCUT2D eigenvalue weighted by Gasteiger charge is -2.33. The molecule has 1 atom stereocenters. The fourth-order valence-electron chi connectivity index (χ4n) is 3.42. The van der Waals surface area contributed by atoms with Crippen molar-refractivity contribution in [3.63, 3.8) is 0 Å². The highest BCUT2D eigenvalue weighted by Gasteiger charge is 2.36. The van der Waals surface area contributed by atoms with Gasteiger partial charge in [-0.25, -0.2) is 0 Å². The van der Waals surface area contributed by atoms with Gasteiger partial charge in [0, 0.05) is 37.6 Å². The fraction of sp³-hybridized carbons (Fsp3) is 0.500. The van der Waals surface area contributed by atoms with Gasteiger partial charge in [-0.05, 0) is 37.3 Å². The maximum atomic E-state index is 12.6. The van der Waals surface area contributed by atoms with Crippen LogP contribution in [-0.4, -0.2) is 43.2 Å². The number of hydrogen-bond acceptors (Lipinski definition) is 4. The van der Waals surface area contributed by atoms with E-state index in [1.807, 2.05) is 25.1 Å². The summed E-state index contributed by atoms with van der Waals surface area (Å²) in [5.74, 6) is -0.229. The number of benzene rings is 1. The second-order valence-electron chi connectivity index (χ2n) is 6.98. The molecule has 148 valence electrons. The van der Waals surface area contributed by atoms with Gasteiger partial charge >= 0.3 is 0 Å². The van der Waals surface area contributed by atoms with E-state index in [-0.39, 0.29) is 30.3 Å². The Labute approximate surface area is 166 Å². The van der Waals surface area contributed by atoms with Gasteiger partial charge in [0.1, 0.15) is 0 Å². The van der Waals surface area contributed by atoms with Crippen LogP contribution >= 0.6 is 12.4 Å². The van der Waals surface area contributed by atoms with Gasteiger partial charge in [0.05, 0.1) is 5.54 Å². The summed E-state index contributed by atoms with van der Waals surface area (Å²) in [6, 6.07) is 7.74. The third kappa shape index (κ3) is 4.89. The SMILES string of the molecule is CC[C@@H](/C=C/C(=O)N1CCc2ccccc21)NC(=O)C1(N)CCOCC1.Cl. The van der Waals surface area contributed by atoms with Crippen molar-refractivity contribution in [2.24, 2.45) is 5.73 Å². The van der Waals surface area contributed by atoms with Crippen LogP contribution < -0.4 is 16.0 Å². The lowest BCUT2D eigenvalue weighted by Crippen LogP contribution is -2.58. The van der Waals surface area contributed by atoms with Gasteiger partial charge in [-0.2, -0.15) is 0 Å². The van der Waals surface area contributed by atoms with Crippen molar-refractivity contribution >= 4 is 29.9 Å². The first-order chi connectivity index (χ1) is 12.5. The molecule has 1 aromatic rings. The molecule has 2 aliphatic rings. The van der Waals surface area contributed by atoms with Crippen molar-refractivity contribution in [3.8, 4) is 0 Å². The van der Waals surface area contributed by atoms with Crippen LogP contribution in [0.5, 0.6) is 0 Å². The molecule has 3 rings (SSSR count). The highest BCUT2D eigenvalue weighted by atomic mass is 35.5. The normalized spacial score (nSPS) is 19.3. The van der Waals surface area contributed by atoms with Crippen LogP contribution in [0, 0.1) is 0 Å². The third-order valence-electron chi connectivity index (χ3n) is 5.22. The number of ether oxygens (including phenoxy) is 1. The minimum atomic E-state index is -0.878. The quantitative estimate of drug-likeness (QED) is 0.749. The predicted octanol–water partition coefficient (Wildman–Crippen LogP) is 1.96. The predicted molar refractivity (Wildman–Crippen MR) is 108 cm³/mol. The average molecular weight is 394 g/mol. The molecule has 0 aliphatic carbocycles. The Bertz CT molecular complexity index is 701. The van der Waals surface area contributed by atoms with Crippen molar-refractivity contribution in [2.45, 2.75) is 44.2 Å². The van der Waals surface area contributed by atoms with E-state index in [9.17, 15) is 9.59 Å². The van der Waals surface area contributed by atoms with Gasteiger partial charge in [-0.3, -0.25) is 9.59 Å². The number of hydrogen-bond donors (Lipinski definition) is 2. The van der Waals surface area contributed by atoms with E-state index in [0.717, 1.165) is 12.1 Å². The van der Waals surface area contributed by atoms with Crippen LogP contribution in [0.15, 0.2) is 36.4 Å². The largest absolute Gasteiger partial charge is 0.381 e. The summed E-state index contributed by atoms with van der Waals surface area (Å²) in [5.41, 5.74) is 7.51. The maximum Gasteiger partial charge on any atom is 0.250 e. The number of carbonyl (C=O) groups is 2. The molecule has 3 N–H and O–H groups in total. The number of nitrogens with zero attached hydrogens (tertiary/aromatic N) is 1. The number of rotatable bonds is 5. The monoisotopic (exact) mass is 393 g/mol. The Morgan fingerprint density at radius 2 is 2.04 bits per heavy atom. The second-order valence-corrected chi connectivity index (χ2v) is 6.98. The van der Waals surface area contributed by atoms with Gasteiger partial charge in [-0.15, -0.1) is 12.4 Å². The molecule has 0 unspecified atom stereocenters. The number of anilines is 1. The smallest absolute Gasteiger partial charge is 0.250 e. The van der Waals surface area contributed by atoms with Crippen molar-refractivity contribution in [1.29, 1.82) is 0 Å². The Balaban J connectivity index is 0.00000261. The first-order valence-corrected chi connectivity index (χ1v) is 9.29. The van der Waals surface area contributed by atoms with Gasteiger partial charge < -0.3 is 20.7 Å². The van der Waals surface area contributed by atoms with Crippen molar-refractivity contribution in [2.75, 3.05) is 24.7 Å². The summed E-state index contributed by atoms with van der Waals surface area (Å²) in [6.07, 6.45) is 5.93. The number of fused-ring (bicyclic) bond motifs is 1. The fourth-order valence-corrected chi connectivity index (χ4v) is 3.42. The third-order valence-corrected chi connectivity index (χ3v) is 5.22. The van der Waals surface area contributed by atoms with E-state index < -0.39 is 5.54 Å². The molecular formula is C20H28ClN3O3. The van der Waals surface area contributed by atoms with E-state index in [1.165, 1.54) is 5.56 Å². The van der Waals surface area contributed by atoms with Gasteiger partial charge in [0.2, 0.25) is 5.91 Å². The van der Waals surface area contributed by atoms with E-state index in [4.69, 9.17) is 10.5 Å². The van der Waals surface area contributed by atoms with E-state index >= 15 is 0 Å². The Morgan fingerprint density at radius 1 is 1.33 bits per heavy atom. The summed E-state index contributed by atoms with van der Waals surface area (Å²) < 4.78 is 5.29. The van der Waals surface area contributed by atoms with Crippen LogP contribution in [0.25, 0.3) is 0 Å². The summed E-state index contributed by atoms with van der Waals surface area (Å²) in [7, 11) is 0. The zero-order valence-corrected chi connectivity index (χ0v) is 16.5. The average Bonchev–Trinajstić information content (AvgIpc) is 3.09. The van der Waals surface area contributed by atoms with E-state index in [0.29, 0.717) is 39.0 Å². The minimum Gasteiger partial charge on any atom is -0.381 e. The molecule has 7 heteroatoms. The van der Waals surface area contributed by atoms with Crippen LogP contribution in [0.4, 0.5) is 5.69 Å². The lowest BCUT2D eigenvalue weighted by atomic mass is 9.90. The molecule has 1 fully saturated rings. The first kappa shape index (κ1) is 21.4. The molecule has 0 spiro atoms. The van der Waals surface area contributed by atoms with Crippen molar-refractivity contribution in [1.82, 2.24) is 5.32 Å². The number of halogens is 1. The highest BCUT2D eigenvalue weighted by molar-refractivity contribution is 6.03. The van der Waals surface area contributed by atoms with Crippen LogP contribution in [0.3, 0.4) is 0 Å². The van der Waals surface area contributed by atoms with E-state index in [2.05, 4.69) is 11.4 Å². The Hall–Kier alpha value is -1.89. The molecule has 0 bridgehead atoms. The zero-order valence-electron chi connectivity index (χ0n) is 15.6. The van der Waals surface area contributed by atoms with Gasteiger partial charge in [-0.1, -0.05) is 31.2 Å². The van der Waals surface area contributed by atoms with E-state index in [1.54, 1.807) is 17.1 Å². The van der Waals surface area contributed by atoms with Crippen LogP contribution in [0.2, 0.25) is 0 Å². The van der Waals surface area contributed by atoms with Crippen LogP contribution in [0.1, 0.15) is 31.7 Å². The molecule has 0 radical (unpaired) electrons. The lowest BCUT2D eigenvalue weighted by molar-refractivity contribution is -0.130. The molecular weight excluding hydrogens is 366 g/mol. The summed E-state index contributed by atoms with van der Waals surface area (Å²) >= 11 is 0.